The summed E-state index contributed by atoms with van der Waals surface area (Å²) in [6.07, 6.45) is 0. The second-order valence-corrected chi connectivity index (χ2v) is 7.82. The van der Waals surface area contributed by atoms with Crippen molar-refractivity contribution < 1.29 is 19.1 Å². The Bertz CT molecular complexity index is 1110. The molecule has 10 heteroatoms. The van der Waals surface area contributed by atoms with Crippen molar-refractivity contribution in [1.29, 1.82) is 0 Å². The van der Waals surface area contributed by atoms with Crippen LogP contribution in [-0.4, -0.2) is 45.7 Å². The highest BCUT2D eigenvalue weighted by Gasteiger charge is 2.16. The van der Waals surface area contributed by atoms with Crippen LogP contribution in [0, 0.1) is 6.92 Å². The Morgan fingerprint density at radius 1 is 1.06 bits per heavy atom. The van der Waals surface area contributed by atoms with Crippen molar-refractivity contribution in [3.8, 4) is 22.9 Å². The number of aromatic nitrogens is 3. The maximum Gasteiger partial charge on any atom is 0.325 e. The fourth-order valence-corrected chi connectivity index (χ4v) is 3.68. The molecule has 9 nitrogen and oxygen atoms in total. The number of fused-ring (bicyclic) bond motifs is 1. The van der Waals surface area contributed by atoms with Crippen LogP contribution in [0.4, 0.5) is 10.5 Å². The molecule has 0 saturated carbocycles. The number of rotatable bonds is 5. The van der Waals surface area contributed by atoms with Gasteiger partial charge in [0.2, 0.25) is 5.91 Å². The van der Waals surface area contributed by atoms with Gasteiger partial charge in [-0.3, -0.25) is 10.1 Å². The second kappa shape index (κ2) is 9.09. The maximum atomic E-state index is 12.2. The molecule has 0 atom stereocenters. The van der Waals surface area contributed by atoms with Gasteiger partial charge in [0.25, 0.3) is 0 Å². The maximum absolute atomic E-state index is 12.2. The number of urea groups is 1. The number of imide groups is 1. The molecule has 3 aromatic rings. The number of benzene rings is 2. The van der Waals surface area contributed by atoms with Crippen LogP contribution in [0.5, 0.6) is 11.5 Å². The van der Waals surface area contributed by atoms with E-state index in [4.69, 9.17) is 9.47 Å². The summed E-state index contributed by atoms with van der Waals surface area (Å²) in [5, 5.41) is 13.8. The van der Waals surface area contributed by atoms with Gasteiger partial charge in [0.15, 0.2) is 22.5 Å². The molecule has 0 radical (unpaired) electrons. The zero-order chi connectivity index (χ0) is 21.8. The fraction of sp³-hybridized carbons (Fsp3) is 0.238. The average molecular weight is 439 g/mol. The number of carbonyl (C=O) groups is 2. The van der Waals surface area contributed by atoms with E-state index >= 15 is 0 Å². The summed E-state index contributed by atoms with van der Waals surface area (Å²) in [5.74, 6) is 1.46. The first-order chi connectivity index (χ1) is 15.0. The molecule has 0 bridgehead atoms. The molecular weight excluding hydrogens is 418 g/mol. The molecule has 0 spiro atoms. The Hall–Kier alpha value is -3.53. The molecule has 2 aromatic carbocycles. The predicted molar refractivity (Wildman–Crippen MR) is 116 cm³/mol. The fourth-order valence-electron chi connectivity index (χ4n) is 2.97. The summed E-state index contributed by atoms with van der Waals surface area (Å²) in [5.41, 5.74) is 2.60. The van der Waals surface area contributed by atoms with Crippen LogP contribution in [0.15, 0.2) is 47.6 Å². The summed E-state index contributed by atoms with van der Waals surface area (Å²) in [4.78, 5) is 24.3. The number of ether oxygens (including phenoxy) is 2. The minimum absolute atomic E-state index is 0.0223. The van der Waals surface area contributed by atoms with E-state index in [1.54, 1.807) is 18.2 Å². The lowest BCUT2D eigenvalue weighted by Crippen LogP contribution is -2.35. The number of hydrogen-bond donors (Lipinski definition) is 2. The van der Waals surface area contributed by atoms with Crippen LogP contribution in [0.1, 0.15) is 5.56 Å². The summed E-state index contributed by atoms with van der Waals surface area (Å²) >= 11 is 1.20. The number of amides is 3. The minimum atomic E-state index is -0.624. The lowest BCUT2D eigenvalue weighted by atomic mass is 10.1. The van der Waals surface area contributed by atoms with Gasteiger partial charge in [-0.05, 0) is 19.1 Å². The molecule has 4 rings (SSSR count). The monoisotopic (exact) mass is 439 g/mol. The quantitative estimate of drug-likeness (QED) is 0.589. The number of anilines is 1. The minimum Gasteiger partial charge on any atom is -0.486 e. The van der Waals surface area contributed by atoms with Gasteiger partial charge in [-0.2, -0.15) is 0 Å². The van der Waals surface area contributed by atoms with Gasteiger partial charge in [0.05, 0.1) is 5.75 Å². The Balaban J connectivity index is 1.30. The van der Waals surface area contributed by atoms with Crippen LogP contribution in [-0.2, 0) is 11.8 Å². The number of aryl methyl sites for hydroxylation is 1. The van der Waals surface area contributed by atoms with Crippen LogP contribution >= 0.6 is 11.8 Å². The van der Waals surface area contributed by atoms with Crippen molar-refractivity contribution >= 4 is 29.4 Å². The Labute approximate surface area is 183 Å². The average Bonchev–Trinajstić information content (AvgIpc) is 3.13. The Morgan fingerprint density at radius 3 is 2.58 bits per heavy atom. The summed E-state index contributed by atoms with van der Waals surface area (Å²) < 4.78 is 12.7. The van der Waals surface area contributed by atoms with Crippen molar-refractivity contribution in [3.05, 3.63) is 48.0 Å². The van der Waals surface area contributed by atoms with E-state index in [1.165, 1.54) is 11.8 Å². The molecule has 0 aliphatic carbocycles. The van der Waals surface area contributed by atoms with Crippen molar-refractivity contribution in [3.63, 3.8) is 0 Å². The number of nitrogens with zero attached hydrogens (tertiary/aromatic N) is 3. The highest BCUT2D eigenvalue weighted by Crippen LogP contribution is 2.32. The lowest BCUT2D eigenvalue weighted by Gasteiger charge is -2.19. The van der Waals surface area contributed by atoms with Crippen molar-refractivity contribution in [2.45, 2.75) is 12.1 Å². The molecule has 0 fully saturated rings. The number of nitrogens with one attached hydrogen (secondary N) is 2. The third-order valence-electron chi connectivity index (χ3n) is 4.53. The van der Waals surface area contributed by atoms with E-state index in [1.807, 2.05) is 42.8 Å². The summed E-state index contributed by atoms with van der Waals surface area (Å²) in [6, 6.07) is 12.4. The molecule has 1 aliphatic heterocycles. The SMILES string of the molecule is Cc1ccc(-c2nnc(SCC(=O)NC(=O)Nc3ccc4c(c3)OCCO4)n2C)cc1. The second-order valence-electron chi connectivity index (χ2n) is 6.88. The third kappa shape index (κ3) is 4.97. The lowest BCUT2D eigenvalue weighted by molar-refractivity contribution is -0.117. The number of thioether (sulfide) groups is 1. The molecule has 0 saturated heterocycles. The van der Waals surface area contributed by atoms with Gasteiger partial charge in [0, 0.05) is 24.4 Å². The first-order valence-corrected chi connectivity index (χ1v) is 10.6. The molecule has 3 amide bonds. The van der Waals surface area contributed by atoms with Gasteiger partial charge in [0.1, 0.15) is 13.2 Å². The van der Waals surface area contributed by atoms with Crippen LogP contribution < -0.4 is 20.1 Å². The van der Waals surface area contributed by atoms with E-state index in [0.29, 0.717) is 41.4 Å². The van der Waals surface area contributed by atoms with E-state index in [9.17, 15) is 9.59 Å². The molecule has 2 N–H and O–H groups in total. The molecule has 1 aliphatic rings. The molecule has 160 valence electrons. The first kappa shape index (κ1) is 20.7. The van der Waals surface area contributed by atoms with Gasteiger partial charge in [-0.15, -0.1) is 10.2 Å². The summed E-state index contributed by atoms with van der Waals surface area (Å²) in [6.45, 7) is 2.96. The molecular formula is C21H21N5O4S. The highest BCUT2D eigenvalue weighted by molar-refractivity contribution is 7.99. The van der Waals surface area contributed by atoms with E-state index in [-0.39, 0.29) is 5.75 Å². The zero-order valence-corrected chi connectivity index (χ0v) is 17.9. The molecule has 0 unspecified atom stereocenters. The van der Waals surface area contributed by atoms with Crippen LogP contribution in [0.25, 0.3) is 11.4 Å². The Morgan fingerprint density at radius 2 is 1.81 bits per heavy atom. The topological polar surface area (TPSA) is 107 Å². The largest absolute Gasteiger partial charge is 0.486 e. The third-order valence-corrected chi connectivity index (χ3v) is 5.55. The van der Waals surface area contributed by atoms with E-state index in [0.717, 1.165) is 11.1 Å². The van der Waals surface area contributed by atoms with Crippen LogP contribution in [0.3, 0.4) is 0 Å². The van der Waals surface area contributed by atoms with E-state index in [2.05, 4.69) is 20.8 Å². The molecule has 31 heavy (non-hydrogen) atoms. The Kier molecular flexibility index (Phi) is 6.08. The summed E-state index contributed by atoms with van der Waals surface area (Å²) in [7, 11) is 1.84. The van der Waals surface area contributed by atoms with E-state index < -0.39 is 11.9 Å². The number of hydrogen-bond acceptors (Lipinski definition) is 7. The van der Waals surface area contributed by atoms with Crippen molar-refractivity contribution in [1.82, 2.24) is 20.1 Å². The molecule has 2 heterocycles. The standard InChI is InChI=1S/C21H21N5O4S/c1-13-3-5-14(6-4-13)19-24-25-21(26(19)2)31-12-18(27)23-20(28)22-15-7-8-16-17(11-15)30-10-9-29-16/h3-8,11H,9-10,12H2,1-2H3,(H2,22,23,27,28). The number of carbonyl (C=O) groups excluding carboxylic acids is 2. The van der Waals surface area contributed by atoms with Crippen LogP contribution in [0.2, 0.25) is 0 Å². The zero-order valence-electron chi connectivity index (χ0n) is 17.0. The normalized spacial score (nSPS) is 12.3. The smallest absolute Gasteiger partial charge is 0.325 e. The van der Waals surface area contributed by atoms with Gasteiger partial charge in [-0.1, -0.05) is 41.6 Å². The highest BCUT2D eigenvalue weighted by atomic mass is 32.2. The predicted octanol–water partition coefficient (Wildman–Crippen LogP) is 3.00. The van der Waals surface area contributed by atoms with Gasteiger partial charge >= 0.3 is 6.03 Å². The van der Waals surface area contributed by atoms with Gasteiger partial charge in [-0.25, -0.2) is 4.79 Å². The van der Waals surface area contributed by atoms with Crippen molar-refractivity contribution in [2.24, 2.45) is 7.05 Å². The van der Waals surface area contributed by atoms with Gasteiger partial charge < -0.3 is 19.4 Å². The first-order valence-electron chi connectivity index (χ1n) is 9.59. The van der Waals surface area contributed by atoms with Crippen molar-refractivity contribution in [2.75, 3.05) is 24.3 Å². The molecule has 1 aromatic heterocycles.